The van der Waals surface area contributed by atoms with Crippen LogP contribution < -0.4 is 5.32 Å². The predicted octanol–water partition coefficient (Wildman–Crippen LogP) is 0.514. The summed E-state index contributed by atoms with van der Waals surface area (Å²) >= 11 is 1.94. The first-order valence-corrected chi connectivity index (χ1v) is 4.90. The molecular formula is C7H12N2OS. The number of likely N-dealkylation sites (N-methyl/N-ethyl adjacent to an activating group) is 1. The number of hydrogen-bond acceptors (Lipinski definition) is 2. The Balaban J connectivity index is 2.18. The van der Waals surface area contributed by atoms with Gasteiger partial charge in [0.15, 0.2) is 0 Å². The number of carbonyl (C=O) groups is 1. The Labute approximate surface area is 70.5 Å². The molecule has 0 aromatic rings. The molecule has 1 N–H and O–H groups in total. The topological polar surface area (TPSA) is 32.3 Å². The van der Waals surface area contributed by atoms with Crippen LogP contribution in [0.5, 0.6) is 0 Å². The highest BCUT2D eigenvalue weighted by atomic mass is 32.2. The summed E-state index contributed by atoms with van der Waals surface area (Å²) in [5, 5.41) is 3.56. The van der Waals surface area contributed by atoms with Gasteiger partial charge in [-0.2, -0.15) is 11.8 Å². The van der Waals surface area contributed by atoms with Gasteiger partial charge >= 0.3 is 6.03 Å². The molecule has 2 saturated heterocycles. The van der Waals surface area contributed by atoms with Gasteiger partial charge in [0.1, 0.15) is 0 Å². The lowest BCUT2D eigenvalue weighted by Crippen LogP contribution is -2.35. The molecule has 2 aliphatic heterocycles. The fraction of sp³-hybridized carbons (Fsp3) is 0.857. The third kappa shape index (κ3) is 0.922. The smallest absolute Gasteiger partial charge is 0.317 e. The van der Waals surface area contributed by atoms with Gasteiger partial charge < -0.3 is 10.2 Å². The third-order valence-corrected chi connectivity index (χ3v) is 3.91. The molecule has 2 heterocycles. The van der Waals surface area contributed by atoms with E-state index in [0.717, 1.165) is 5.75 Å². The van der Waals surface area contributed by atoms with E-state index in [1.807, 2.05) is 23.7 Å². The minimum atomic E-state index is 0.0900. The summed E-state index contributed by atoms with van der Waals surface area (Å²) in [5.74, 6) is 1.08. The standard InChI is InChI=1S/C7H12N2OS/c1-4-6-5(3-11-4)9(2)7(10)8-6/h4-6H,3H2,1-2H3,(H,8,10)/t4-,5-,6+/m0/s1. The van der Waals surface area contributed by atoms with Crippen LogP contribution in [0.15, 0.2) is 0 Å². The second-order valence-electron chi connectivity index (χ2n) is 3.19. The van der Waals surface area contributed by atoms with Crippen molar-refractivity contribution in [3.05, 3.63) is 0 Å². The van der Waals surface area contributed by atoms with Gasteiger partial charge in [-0.25, -0.2) is 4.79 Å². The first-order chi connectivity index (χ1) is 5.20. The van der Waals surface area contributed by atoms with Crippen molar-refractivity contribution in [1.82, 2.24) is 10.2 Å². The van der Waals surface area contributed by atoms with E-state index >= 15 is 0 Å². The zero-order chi connectivity index (χ0) is 8.01. The Morgan fingerprint density at radius 1 is 1.73 bits per heavy atom. The highest BCUT2D eigenvalue weighted by Crippen LogP contribution is 2.32. The number of thioether (sulfide) groups is 1. The Hall–Kier alpha value is -0.380. The fourth-order valence-electron chi connectivity index (χ4n) is 1.73. The molecule has 2 amide bonds. The van der Waals surface area contributed by atoms with Crippen molar-refractivity contribution in [3.63, 3.8) is 0 Å². The molecule has 0 saturated carbocycles. The molecule has 0 radical (unpaired) electrons. The maximum absolute atomic E-state index is 11.1. The molecule has 2 fully saturated rings. The first kappa shape index (κ1) is 7.28. The van der Waals surface area contributed by atoms with Gasteiger partial charge in [-0.3, -0.25) is 0 Å². The summed E-state index contributed by atoms with van der Waals surface area (Å²) < 4.78 is 0. The Kier molecular flexibility index (Phi) is 1.52. The second kappa shape index (κ2) is 2.30. The molecule has 2 rings (SSSR count). The highest BCUT2D eigenvalue weighted by Gasteiger charge is 2.44. The summed E-state index contributed by atoms with van der Waals surface area (Å²) in [6.07, 6.45) is 0. The first-order valence-electron chi connectivity index (χ1n) is 3.85. The van der Waals surface area contributed by atoms with E-state index < -0.39 is 0 Å². The third-order valence-electron chi connectivity index (χ3n) is 2.56. The van der Waals surface area contributed by atoms with Crippen molar-refractivity contribution >= 4 is 17.8 Å². The van der Waals surface area contributed by atoms with Gasteiger partial charge in [-0.15, -0.1) is 0 Å². The van der Waals surface area contributed by atoms with Crippen LogP contribution in [0.4, 0.5) is 4.79 Å². The molecule has 3 nitrogen and oxygen atoms in total. The van der Waals surface area contributed by atoms with Crippen molar-refractivity contribution in [1.29, 1.82) is 0 Å². The Morgan fingerprint density at radius 2 is 2.45 bits per heavy atom. The normalized spacial score (nSPS) is 42.5. The Morgan fingerprint density at radius 3 is 3.09 bits per heavy atom. The van der Waals surface area contributed by atoms with E-state index in [0.29, 0.717) is 17.3 Å². The number of rotatable bonds is 0. The summed E-state index contributed by atoms with van der Waals surface area (Å²) in [6, 6.07) is 0.909. The molecule has 0 bridgehead atoms. The summed E-state index contributed by atoms with van der Waals surface area (Å²) in [6.45, 7) is 2.18. The van der Waals surface area contributed by atoms with E-state index in [-0.39, 0.29) is 6.03 Å². The molecule has 2 aliphatic rings. The number of nitrogens with zero attached hydrogens (tertiary/aromatic N) is 1. The highest BCUT2D eigenvalue weighted by molar-refractivity contribution is 8.00. The van der Waals surface area contributed by atoms with E-state index in [9.17, 15) is 4.79 Å². The SMILES string of the molecule is C[C@@H]1SC[C@H]2[C@@H]1NC(=O)N2C. The van der Waals surface area contributed by atoms with Gasteiger partial charge in [-0.1, -0.05) is 6.92 Å². The fourth-order valence-corrected chi connectivity index (χ4v) is 3.12. The zero-order valence-electron chi connectivity index (χ0n) is 6.70. The minimum absolute atomic E-state index is 0.0900. The lowest BCUT2D eigenvalue weighted by molar-refractivity contribution is 0.219. The molecule has 11 heavy (non-hydrogen) atoms. The van der Waals surface area contributed by atoms with Crippen LogP contribution >= 0.6 is 11.8 Å². The average Bonchev–Trinajstić information content (AvgIpc) is 2.43. The zero-order valence-corrected chi connectivity index (χ0v) is 7.52. The van der Waals surface area contributed by atoms with Crippen LogP contribution in [0.25, 0.3) is 0 Å². The van der Waals surface area contributed by atoms with Gasteiger partial charge in [-0.05, 0) is 0 Å². The van der Waals surface area contributed by atoms with Crippen molar-refractivity contribution in [2.24, 2.45) is 0 Å². The summed E-state index contributed by atoms with van der Waals surface area (Å²) in [5.41, 5.74) is 0. The number of carbonyl (C=O) groups excluding carboxylic acids is 1. The lowest BCUT2D eigenvalue weighted by atomic mass is 10.1. The van der Waals surface area contributed by atoms with E-state index in [4.69, 9.17) is 0 Å². The molecule has 0 spiro atoms. The van der Waals surface area contributed by atoms with Crippen LogP contribution in [0.3, 0.4) is 0 Å². The second-order valence-corrected chi connectivity index (χ2v) is 4.60. The largest absolute Gasteiger partial charge is 0.332 e. The quantitative estimate of drug-likeness (QED) is 0.540. The van der Waals surface area contributed by atoms with Crippen LogP contribution in [0.1, 0.15) is 6.92 Å². The van der Waals surface area contributed by atoms with Gasteiger partial charge in [0.2, 0.25) is 0 Å². The summed E-state index contributed by atoms with van der Waals surface area (Å²) in [4.78, 5) is 13.0. The maximum atomic E-state index is 11.1. The van der Waals surface area contributed by atoms with Crippen molar-refractivity contribution in [2.75, 3.05) is 12.8 Å². The minimum Gasteiger partial charge on any atom is -0.332 e. The average molecular weight is 172 g/mol. The monoisotopic (exact) mass is 172 g/mol. The molecule has 0 unspecified atom stereocenters. The maximum Gasteiger partial charge on any atom is 0.317 e. The van der Waals surface area contributed by atoms with Crippen LogP contribution in [0.2, 0.25) is 0 Å². The molecule has 0 aromatic heterocycles. The molecular weight excluding hydrogens is 160 g/mol. The summed E-state index contributed by atoms with van der Waals surface area (Å²) in [7, 11) is 1.87. The van der Waals surface area contributed by atoms with E-state index in [2.05, 4.69) is 12.2 Å². The molecule has 4 heteroatoms. The van der Waals surface area contributed by atoms with Crippen LogP contribution in [0, 0.1) is 0 Å². The number of fused-ring (bicyclic) bond motifs is 1. The van der Waals surface area contributed by atoms with Crippen molar-refractivity contribution in [2.45, 2.75) is 24.3 Å². The van der Waals surface area contributed by atoms with Gasteiger partial charge in [0, 0.05) is 18.1 Å². The molecule has 62 valence electrons. The van der Waals surface area contributed by atoms with E-state index in [1.54, 1.807) is 0 Å². The van der Waals surface area contributed by atoms with Crippen molar-refractivity contribution < 1.29 is 4.79 Å². The lowest BCUT2D eigenvalue weighted by Gasteiger charge is -2.15. The number of nitrogens with one attached hydrogen (secondary N) is 1. The number of amides is 2. The number of hydrogen-bond donors (Lipinski definition) is 1. The predicted molar refractivity (Wildman–Crippen MR) is 45.8 cm³/mol. The number of urea groups is 1. The van der Waals surface area contributed by atoms with Crippen LogP contribution in [-0.4, -0.2) is 41.1 Å². The molecule has 3 atom stereocenters. The van der Waals surface area contributed by atoms with Crippen molar-refractivity contribution in [3.8, 4) is 0 Å². The molecule has 0 aliphatic carbocycles. The Bertz CT molecular complexity index is 197. The van der Waals surface area contributed by atoms with Gasteiger partial charge in [0.25, 0.3) is 0 Å². The molecule has 0 aromatic carbocycles. The van der Waals surface area contributed by atoms with Crippen LogP contribution in [-0.2, 0) is 0 Å². The van der Waals surface area contributed by atoms with E-state index in [1.165, 1.54) is 0 Å². The van der Waals surface area contributed by atoms with Gasteiger partial charge in [0.05, 0.1) is 12.1 Å².